The van der Waals surface area contributed by atoms with Crippen molar-refractivity contribution in [3.05, 3.63) is 48.7 Å². The minimum absolute atomic E-state index is 0.0294. The number of carboxylic acid groups (broad SMARTS) is 2. The van der Waals surface area contributed by atoms with E-state index < -0.39 is 24.3 Å². The van der Waals surface area contributed by atoms with Crippen molar-refractivity contribution in [3.8, 4) is 0 Å². The fourth-order valence-corrected chi connectivity index (χ4v) is 3.73. The van der Waals surface area contributed by atoms with Gasteiger partial charge in [0.25, 0.3) is 0 Å². The first kappa shape index (κ1) is 30.6. The van der Waals surface area contributed by atoms with Crippen molar-refractivity contribution in [1.29, 1.82) is 0 Å². The number of anilines is 1. The zero-order chi connectivity index (χ0) is 28.5. The van der Waals surface area contributed by atoms with Crippen LogP contribution in [0.2, 0.25) is 0 Å². The van der Waals surface area contributed by atoms with E-state index >= 15 is 0 Å². The van der Waals surface area contributed by atoms with E-state index in [1.807, 2.05) is 24.3 Å². The highest BCUT2D eigenvalue weighted by Gasteiger charge is 2.44. The second kappa shape index (κ2) is 13.2. The Bertz CT molecular complexity index is 1020. The largest absolute Gasteiger partial charge is 0.490 e. The van der Waals surface area contributed by atoms with Crippen LogP contribution in [0.25, 0.3) is 0 Å². The van der Waals surface area contributed by atoms with Crippen LogP contribution in [-0.2, 0) is 25.7 Å². The fraction of sp³-hybridized carbons (Fsp3) is 0.455. The van der Waals surface area contributed by atoms with Crippen molar-refractivity contribution < 1.29 is 60.1 Å². The number of rotatable bonds is 5. The molecule has 2 aliphatic heterocycles. The van der Waals surface area contributed by atoms with Crippen LogP contribution in [0.1, 0.15) is 12.2 Å². The first-order chi connectivity index (χ1) is 17.7. The number of nitrogens with zero attached hydrogens (tertiary/aromatic N) is 2. The Morgan fingerprint density at radius 3 is 2.16 bits per heavy atom. The summed E-state index contributed by atoms with van der Waals surface area (Å²) in [7, 11) is 0. The molecule has 2 saturated heterocycles. The molecule has 0 bridgehead atoms. The highest BCUT2D eigenvalue weighted by atomic mass is 19.4. The number of carbonyl (C=O) groups is 3. The number of aliphatic carboxylic acids is 2. The van der Waals surface area contributed by atoms with Gasteiger partial charge in [-0.2, -0.15) is 26.3 Å². The van der Waals surface area contributed by atoms with Crippen LogP contribution >= 0.6 is 0 Å². The number of hydrogen-bond acceptors (Lipinski definition) is 7. The fourth-order valence-electron chi connectivity index (χ4n) is 3.73. The Labute approximate surface area is 211 Å². The average molecular weight is 555 g/mol. The molecule has 10 nitrogen and oxygen atoms in total. The number of alkyl halides is 6. The number of pyridine rings is 1. The Balaban J connectivity index is 0.000000301. The topological polar surface area (TPSA) is 142 Å². The van der Waals surface area contributed by atoms with Crippen LogP contribution < -0.4 is 5.32 Å². The number of halogens is 6. The monoisotopic (exact) mass is 555 g/mol. The number of hydrogen-bond donors (Lipinski definition) is 3. The number of aromatic nitrogens is 1. The van der Waals surface area contributed by atoms with Gasteiger partial charge >= 0.3 is 24.3 Å². The third kappa shape index (κ3) is 10.0. The molecule has 1 amide bonds. The van der Waals surface area contributed by atoms with E-state index in [1.165, 1.54) is 0 Å². The Kier molecular flexibility index (Phi) is 10.6. The summed E-state index contributed by atoms with van der Waals surface area (Å²) >= 11 is 0. The molecular weight excluding hydrogens is 532 g/mol. The first-order valence-electron chi connectivity index (χ1n) is 10.8. The van der Waals surface area contributed by atoms with E-state index in [0.717, 1.165) is 31.1 Å². The smallest absolute Gasteiger partial charge is 0.475 e. The minimum atomic E-state index is -5.08. The van der Waals surface area contributed by atoms with Gasteiger partial charge < -0.3 is 24.7 Å². The summed E-state index contributed by atoms with van der Waals surface area (Å²) in [6.07, 6.45) is -4.39. The second-order valence-corrected chi connectivity index (χ2v) is 8.17. The maximum absolute atomic E-state index is 12.3. The molecule has 3 atom stereocenters. The minimum Gasteiger partial charge on any atom is -0.475 e. The predicted molar refractivity (Wildman–Crippen MR) is 116 cm³/mol. The zero-order valence-corrected chi connectivity index (χ0v) is 19.4. The average Bonchev–Trinajstić information content (AvgIpc) is 3.54. The molecule has 210 valence electrons. The molecule has 0 unspecified atom stereocenters. The van der Waals surface area contributed by atoms with E-state index in [1.54, 1.807) is 18.7 Å². The number of carbonyl (C=O) groups excluding carboxylic acids is 1. The molecule has 2 aromatic rings. The Hall–Kier alpha value is -3.66. The van der Waals surface area contributed by atoms with Crippen LogP contribution in [-0.4, -0.2) is 76.1 Å². The normalized spacial score (nSPS) is 20.8. The zero-order valence-electron chi connectivity index (χ0n) is 19.4. The molecule has 2 aromatic heterocycles. The van der Waals surface area contributed by atoms with Gasteiger partial charge in [0, 0.05) is 31.6 Å². The van der Waals surface area contributed by atoms with E-state index in [-0.39, 0.29) is 17.9 Å². The molecule has 0 aromatic carbocycles. The third-order valence-corrected chi connectivity index (χ3v) is 5.35. The molecule has 0 spiro atoms. The van der Waals surface area contributed by atoms with Gasteiger partial charge in [0.2, 0.25) is 5.91 Å². The number of likely N-dealkylation sites (tertiary alicyclic amines) is 1. The second-order valence-electron chi connectivity index (χ2n) is 8.17. The van der Waals surface area contributed by atoms with Gasteiger partial charge in [-0.15, -0.1) is 0 Å². The van der Waals surface area contributed by atoms with Crippen molar-refractivity contribution in [1.82, 2.24) is 9.88 Å². The summed E-state index contributed by atoms with van der Waals surface area (Å²) in [5.74, 6) is -3.82. The van der Waals surface area contributed by atoms with Gasteiger partial charge in [0.1, 0.15) is 5.76 Å². The molecule has 0 radical (unpaired) electrons. The number of amides is 1. The molecule has 38 heavy (non-hydrogen) atoms. The van der Waals surface area contributed by atoms with Crippen LogP contribution in [0.3, 0.4) is 0 Å². The summed E-state index contributed by atoms with van der Waals surface area (Å²) < 4.78 is 74.8. The maximum Gasteiger partial charge on any atom is 0.490 e. The molecule has 4 heterocycles. The van der Waals surface area contributed by atoms with E-state index in [9.17, 15) is 31.1 Å². The number of carboxylic acids is 2. The first-order valence-corrected chi connectivity index (χ1v) is 10.8. The summed E-state index contributed by atoms with van der Waals surface area (Å²) in [6.45, 7) is 3.34. The summed E-state index contributed by atoms with van der Waals surface area (Å²) in [6, 6.07) is 7.56. The number of ether oxygens (including phenoxy) is 1. The lowest BCUT2D eigenvalue weighted by Gasteiger charge is -2.18. The lowest BCUT2D eigenvalue weighted by Crippen LogP contribution is -2.26. The third-order valence-electron chi connectivity index (χ3n) is 5.35. The van der Waals surface area contributed by atoms with E-state index in [0.29, 0.717) is 18.9 Å². The van der Waals surface area contributed by atoms with Crippen molar-refractivity contribution in [2.24, 2.45) is 11.8 Å². The molecule has 4 rings (SSSR count). The van der Waals surface area contributed by atoms with E-state index in [4.69, 9.17) is 29.0 Å². The van der Waals surface area contributed by atoms with Gasteiger partial charge in [-0.3, -0.25) is 14.7 Å². The molecule has 3 N–H and O–H groups in total. The standard InChI is InChI=1S/C18H21N3O3.2C2HF3O2/c22-18(20-14-3-1-5-19-8-14)7-13-12-24-17-11-21(10-16(13)17)9-15-4-2-6-23-15;2*3-2(4,5)1(6)7/h1-6,8,13,16-17H,7,9-12H2,(H,20,22);2*(H,6,7)/t13-,16+,17+;;/m0../s1. The van der Waals surface area contributed by atoms with Gasteiger partial charge in [-0.25, -0.2) is 9.59 Å². The van der Waals surface area contributed by atoms with Crippen molar-refractivity contribution in [3.63, 3.8) is 0 Å². The highest BCUT2D eigenvalue weighted by molar-refractivity contribution is 5.90. The summed E-state index contributed by atoms with van der Waals surface area (Å²) in [5.41, 5.74) is 0.740. The molecule has 2 aliphatic rings. The maximum atomic E-state index is 12.3. The Morgan fingerprint density at radius 2 is 1.66 bits per heavy atom. The van der Waals surface area contributed by atoms with Crippen LogP contribution in [0.4, 0.5) is 32.0 Å². The highest BCUT2D eigenvalue weighted by Crippen LogP contribution is 2.36. The lowest BCUT2D eigenvalue weighted by molar-refractivity contribution is -0.193. The van der Waals surface area contributed by atoms with Crippen LogP contribution in [0.5, 0.6) is 0 Å². The Morgan fingerprint density at radius 1 is 1.03 bits per heavy atom. The van der Waals surface area contributed by atoms with Gasteiger partial charge in [0.15, 0.2) is 0 Å². The van der Waals surface area contributed by atoms with Gasteiger partial charge in [-0.05, 0) is 30.2 Å². The summed E-state index contributed by atoms with van der Waals surface area (Å²) in [5, 5.41) is 17.2. The molecular formula is C22H23F6N3O7. The molecule has 0 aliphatic carbocycles. The molecule has 16 heteroatoms. The lowest BCUT2D eigenvalue weighted by atomic mass is 9.90. The van der Waals surface area contributed by atoms with Crippen molar-refractivity contribution >= 4 is 23.5 Å². The van der Waals surface area contributed by atoms with Crippen molar-refractivity contribution in [2.75, 3.05) is 25.0 Å². The SMILES string of the molecule is O=C(C[C@H]1CO[C@@H]2CN(Cc3ccco3)C[C@H]12)Nc1cccnc1.O=C(O)C(F)(F)F.O=C(O)C(F)(F)F. The van der Waals surface area contributed by atoms with Gasteiger partial charge in [-0.1, -0.05) is 0 Å². The van der Waals surface area contributed by atoms with Crippen molar-refractivity contribution in [2.45, 2.75) is 31.4 Å². The molecule has 2 fully saturated rings. The quantitative estimate of drug-likeness (QED) is 0.473. The predicted octanol–water partition coefficient (Wildman–Crippen LogP) is 3.42. The van der Waals surface area contributed by atoms with Crippen LogP contribution in [0.15, 0.2) is 47.3 Å². The number of fused-ring (bicyclic) bond motifs is 1. The molecule has 0 saturated carbocycles. The summed E-state index contributed by atoms with van der Waals surface area (Å²) in [4.78, 5) is 36.4. The van der Waals surface area contributed by atoms with E-state index in [2.05, 4.69) is 15.2 Å². The number of nitrogens with one attached hydrogen (secondary N) is 1. The number of furan rings is 1. The van der Waals surface area contributed by atoms with Gasteiger partial charge in [0.05, 0.1) is 37.4 Å². The van der Waals surface area contributed by atoms with Crippen LogP contribution in [0, 0.1) is 11.8 Å².